The number of ketones is 2. The Bertz CT molecular complexity index is 882. The van der Waals surface area contributed by atoms with Gasteiger partial charge in [-0.1, -0.05) is 23.2 Å². The fraction of sp³-hybridized carbons (Fsp3) is 0.211. The van der Waals surface area contributed by atoms with Gasteiger partial charge in [0.2, 0.25) is 5.24 Å². The van der Waals surface area contributed by atoms with Gasteiger partial charge in [0, 0.05) is 21.2 Å². The Morgan fingerprint density at radius 3 is 1.71 bits per heavy atom. The summed E-state index contributed by atoms with van der Waals surface area (Å²) in [4.78, 5) is 36.6. The lowest BCUT2D eigenvalue weighted by molar-refractivity contribution is -0.125. The molecule has 3 N–H and O–H groups in total. The zero-order valence-electron chi connectivity index (χ0n) is 14.2. The van der Waals surface area contributed by atoms with Crippen LogP contribution >= 0.6 is 34.8 Å². The van der Waals surface area contributed by atoms with Crippen molar-refractivity contribution in [2.75, 3.05) is 0 Å². The Morgan fingerprint density at radius 1 is 0.857 bits per heavy atom. The van der Waals surface area contributed by atoms with E-state index in [0.717, 1.165) is 0 Å². The van der Waals surface area contributed by atoms with Crippen LogP contribution < -0.4 is 0 Å². The van der Waals surface area contributed by atoms with Crippen LogP contribution in [0.3, 0.4) is 0 Å². The Labute approximate surface area is 175 Å². The minimum absolute atomic E-state index is 0.0190. The molecule has 2 aromatic rings. The lowest BCUT2D eigenvalue weighted by Gasteiger charge is -2.32. The molecule has 2 rings (SSSR count). The van der Waals surface area contributed by atoms with Crippen molar-refractivity contribution in [3.8, 4) is 0 Å². The molecule has 0 radical (unpaired) electrons. The summed E-state index contributed by atoms with van der Waals surface area (Å²) >= 11 is 16.8. The maximum Gasteiger partial charge on any atom is 0.225 e. The number of Topliss-reactive ketones (excluding diaryl/α,β-unsaturated/α-hetero) is 2. The van der Waals surface area contributed by atoms with Gasteiger partial charge < -0.3 is 15.3 Å². The van der Waals surface area contributed by atoms with Crippen molar-refractivity contribution >= 4 is 51.6 Å². The summed E-state index contributed by atoms with van der Waals surface area (Å²) in [5, 5.41) is 31.0. The number of carbonyl (C=O) groups is 3. The van der Waals surface area contributed by atoms with E-state index < -0.39 is 41.0 Å². The molecule has 6 nitrogen and oxygen atoms in total. The summed E-state index contributed by atoms with van der Waals surface area (Å²) in [6, 6.07) is 10.6. The van der Waals surface area contributed by atoms with Crippen molar-refractivity contribution < 1.29 is 29.7 Å². The molecule has 0 aromatic heterocycles. The zero-order chi connectivity index (χ0) is 21.1. The van der Waals surface area contributed by atoms with Gasteiger partial charge in [0.1, 0.15) is 12.2 Å². The van der Waals surface area contributed by atoms with Crippen LogP contribution in [-0.2, 0) is 4.79 Å². The van der Waals surface area contributed by atoms with E-state index in [2.05, 4.69) is 0 Å². The average molecular weight is 446 g/mol. The van der Waals surface area contributed by atoms with Crippen molar-refractivity contribution in [1.82, 2.24) is 0 Å². The lowest BCUT2D eigenvalue weighted by Crippen LogP contribution is -2.57. The highest BCUT2D eigenvalue weighted by atomic mass is 35.5. The highest BCUT2D eigenvalue weighted by molar-refractivity contribution is 6.63. The molecule has 1 unspecified atom stereocenters. The molecule has 0 fully saturated rings. The number of hydrogen-bond acceptors (Lipinski definition) is 6. The summed E-state index contributed by atoms with van der Waals surface area (Å²) in [5.74, 6) is -2.08. The van der Waals surface area contributed by atoms with Crippen LogP contribution in [0.4, 0.5) is 0 Å². The largest absolute Gasteiger partial charge is 0.386 e. The number of benzene rings is 2. The van der Waals surface area contributed by atoms with Crippen LogP contribution in [0.2, 0.25) is 10.0 Å². The molecular formula is C19H15Cl3O6. The molecule has 0 amide bonds. The topological polar surface area (TPSA) is 112 Å². The summed E-state index contributed by atoms with van der Waals surface area (Å²) in [6.45, 7) is 0. The second-order valence-corrected chi connectivity index (χ2v) is 7.35. The van der Waals surface area contributed by atoms with Gasteiger partial charge in [0.05, 0.1) is 6.42 Å². The Morgan fingerprint density at radius 2 is 1.29 bits per heavy atom. The normalized spacial score (nSPS) is 15.4. The molecule has 0 aliphatic rings. The molecule has 0 saturated heterocycles. The van der Waals surface area contributed by atoms with Crippen LogP contribution in [0.15, 0.2) is 48.5 Å². The van der Waals surface area contributed by atoms with Crippen molar-refractivity contribution in [1.29, 1.82) is 0 Å². The number of halogens is 3. The third-order valence-corrected chi connectivity index (χ3v) is 4.73. The van der Waals surface area contributed by atoms with Crippen molar-refractivity contribution in [3.05, 3.63) is 69.7 Å². The second kappa shape index (κ2) is 9.13. The molecule has 2 aromatic carbocycles. The molecular weight excluding hydrogens is 431 g/mol. The van der Waals surface area contributed by atoms with Gasteiger partial charge in [0.15, 0.2) is 17.2 Å². The first-order valence-corrected chi connectivity index (χ1v) is 9.06. The highest BCUT2D eigenvalue weighted by Crippen LogP contribution is 2.27. The van der Waals surface area contributed by atoms with Gasteiger partial charge in [-0.05, 0) is 60.1 Å². The van der Waals surface area contributed by atoms with Gasteiger partial charge in [-0.2, -0.15) is 0 Å². The summed E-state index contributed by atoms with van der Waals surface area (Å²) in [6.07, 6.45) is -5.57. The van der Waals surface area contributed by atoms with E-state index in [1.54, 1.807) is 0 Å². The third-order valence-electron chi connectivity index (χ3n) is 4.09. The first-order chi connectivity index (χ1) is 13.1. The molecule has 0 aliphatic carbocycles. The second-order valence-electron chi connectivity index (χ2n) is 6.05. The van der Waals surface area contributed by atoms with Gasteiger partial charge in [-0.25, -0.2) is 0 Å². The molecule has 0 heterocycles. The number of hydrogen-bond donors (Lipinski definition) is 3. The van der Waals surface area contributed by atoms with Gasteiger partial charge in [-0.3, -0.25) is 14.4 Å². The minimum atomic E-state index is -2.84. The Kier molecular flexibility index (Phi) is 7.33. The first kappa shape index (κ1) is 22.5. The fourth-order valence-electron chi connectivity index (χ4n) is 2.57. The van der Waals surface area contributed by atoms with E-state index in [1.165, 1.54) is 48.5 Å². The maximum absolute atomic E-state index is 12.8. The molecule has 0 bridgehead atoms. The van der Waals surface area contributed by atoms with Crippen molar-refractivity contribution in [3.63, 3.8) is 0 Å². The smallest absolute Gasteiger partial charge is 0.225 e. The van der Waals surface area contributed by atoms with E-state index in [4.69, 9.17) is 34.8 Å². The summed E-state index contributed by atoms with van der Waals surface area (Å²) < 4.78 is 0. The molecule has 9 heteroatoms. The van der Waals surface area contributed by atoms with E-state index in [0.29, 0.717) is 10.0 Å². The Balaban J connectivity index is 2.38. The maximum atomic E-state index is 12.8. The van der Waals surface area contributed by atoms with Gasteiger partial charge in [-0.15, -0.1) is 0 Å². The standard InChI is InChI=1S/C19H15Cl3O6/c20-12-5-1-10(2-6-12)15(24)16(25)18(27)19(28,9-14(22)23)17(26)11-3-7-13(21)8-4-11/h1-8,16,18,25,27-28H,9H2/t16?,18-,19-/m1/s1. The molecule has 0 spiro atoms. The van der Waals surface area contributed by atoms with E-state index in [9.17, 15) is 29.7 Å². The van der Waals surface area contributed by atoms with Crippen LogP contribution in [0.1, 0.15) is 27.1 Å². The number of carbonyl (C=O) groups excluding carboxylic acids is 3. The predicted octanol–water partition coefficient (Wildman–Crippen LogP) is 2.67. The minimum Gasteiger partial charge on any atom is -0.386 e. The number of rotatable bonds is 8. The highest BCUT2D eigenvalue weighted by Gasteiger charge is 2.49. The van der Waals surface area contributed by atoms with E-state index in [-0.39, 0.29) is 11.1 Å². The van der Waals surface area contributed by atoms with E-state index in [1.807, 2.05) is 0 Å². The van der Waals surface area contributed by atoms with Crippen LogP contribution in [0.25, 0.3) is 0 Å². The zero-order valence-corrected chi connectivity index (χ0v) is 16.4. The predicted molar refractivity (Wildman–Crippen MR) is 104 cm³/mol. The molecule has 28 heavy (non-hydrogen) atoms. The molecule has 148 valence electrons. The first-order valence-electron chi connectivity index (χ1n) is 7.93. The fourth-order valence-corrected chi connectivity index (χ4v) is 3.03. The molecule has 3 atom stereocenters. The number of aliphatic hydroxyl groups excluding tert-OH is 2. The number of aliphatic hydroxyl groups is 3. The summed E-state index contributed by atoms with van der Waals surface area (Å²) in [7, 11) is 0. The monoisotopic (exact) mass is 444 g/mol. The van der Waals surface area contributed by atoms with Crippen molar-refractivity contribution in [2.45, 2.75) is 24.2 Å². The molecule has 0 aliphatic heterocycles. The van der Waals surface area contributed by atoms with Gasteiger partial charge in [0.25, 0.3) is 0 Å². The lowest BCUT2D eigenvalue weighted by atomic mass is 9.81. The molecule has 0 saturated carbocycles. The van der Waals surface area contributed by atoms with Crippen molar-refractivity contribution in [2.24, 2.45) is 0 Å². The van der Waals surface area contributed by atoms with E-state index >= 15 is 0 Å². The van der Waals surface area contributed by atoms with Crippen LogP contribution in [0, 0.1) is 0 Å². The summed E-state index contributed by atoms with van der Waals surface area (Å²) in [5.41, 5.74) is -2.96. The van der Waals surface area contributed by atoms with Crippen LogP contribution in [-0.4, -0.2) is 49.9 Å². The van der Waals surface area contributed by atoms with Crippen LogP contribution in [0.5, 0.6) is 0 Å². The SMILES string of the molecule is O=C(Cl)C[C@@](O)(C(=O)c1ccc(Cl)cc1)[C@H](O)C(O)C(=O)c1ccc(Cl)cc1. The third kappa shape index (κ3) is 4.97. The quantitative estimate of drug-likeness (QED) is 0.425. The van der Waals surface area contributed by atoms with Gasteiger partial charge >= 0.3 is 0 Å². The average Bonchev–Trinajstić information content (AvgIpc) is 2.66. The Hall–Kier alpha value is -1.80.